The zero-order valence-electron chi connectivity index (χ0n) is 20.1. The van der Waals surface area contributed by atoms with Crippen molar-refractivity contribution in [3.8, 4) is 22.9 Å². The molecule has 0 radical (unpaired) electrons. The molecule has 1 fully saturated rings. The number of piperazine rings is 1. The van der Waals surface area contributed by atoms with Crippen molar-refractivity contribution in [1.29, 1.82) is 0 Å². The Labute approximate surface area is 207 Å². The summed E-state index contributed by atoms with van der Waals surface area (Å²) in [7, 11) is 0. The van der Waals surface area contributed by atoms with Gasteiger partial charge >= 0.3 is 0 Å². The Morgan fingerprint density at radius 2 is 1.67 bits per heavy atom. The van der Waals surface area contributed by atoms with E-state index in [1.54, 1.807) is 30.0 Å². The highest BCUT2D eigenvalue weighted by atomic mass is 16.5. The molecule has 2 aromatic carbocycles. The lowest BCUT2D eigenvalue weighted by Gasteiger charge is -2.34. The van der Waals surface area contributed by atoms with Gasteiger partial charge in [-0.15, -0.1) is 10.2 Å². The summed E-state index contributed by atoms with van der Waals surface area (Å²) in [5.74, 6) is 1.70. The maximum atomic E-state index is 13.0. The highest BCUT2D eigenvalue weighted by molar-refractivity contribution is 5.95. The van der Waals surface area contributed by atoms with E-state index in [4.69, 9.17) is 8.94 Å². The lowest BCUT2D eigenvalue weighted by molar-refractivity contribution is -0.117. The molecule has 0 bridgehead atoms. The maximum Gasteiger partial charge on any atom is 0.253 e. The number of amides is 2. The van der Waals surface area contributed by atoms with Crippen LogP contribution < -0.4 is 5.32 Å². The van der Waals surface area contributed by atoms with Crippen LogP contribution in [0.25, 0.3) is 22.9 Å². The number of carbonyl (C=O) groups excluding carboxylic acids is 2. The summed E-state index contributed by atoms with van der Waals surface area (Å²) in [6.07, 6.45) is 0. The molecule has 1 N–H and O–H groups in total. The number of rotatable bonds is 6. The van der Waals surface area contributed by atoms with Crippen LogP contribution in [0, 0.1) is 13.8 Å². The van der Waals surface area contributed by atoms with Crippen LogP contribution in [0.1, 0.15) is 21.7 Å². The molecule has 2 aromatic heterocycles. The largest absolute Gasteiger partial charge is 0.416 e. The van der Waals surface area contributed by atoms with Gasteiger partial charge in [0.1, 0.15) is 5.76 Å². The molecule has 36 heavy (non-hydrogen) atoms. The number of hydrogen-bond donors (Lipinski definition) is 1. The van der Waals surface area contributed by atoms with E-state index in [0.29, 0.717) is 55.1 Å². The summed E-state index contributed by atoms with van der Waals surface area (Å²) in [6.45, 7) is 6.30. The SMILES string of the molecule is Cc1cc(NC(=O)CN2CCN(C(=O)c3ccc(-c4nnc(-c5ccccc5C)o4)cc3)CC2)no1. The number of anilines is 1. The van der Waals surface area contributed by atoms with E-state index < -0.39 is 0 Å². The highest BCUT2D eigenvalue weighted by Gasteiger charge is 2.24. The molecule has 2 amide bonds. The average Bonchev–Trinajstić information content (AvgIpc) is 3.54. The first-order valence-corrected chi connectivity index (χ1v) is 11.7. The number of carbonyl (C=O) groups is 2. The standard InChI is InChI=1S/C26H26N6O4/c1-17-5-3-4-6-21(17)25-29-28-24(35-25)19-7-9-20(10-8-19)26(34)32-13-11-31(12-14-32)16-23(33)27-22-15-18(2)36-30-22/h3-10,15H,11-14,16H2,1-2H3,(H,27,30,33). The van der Waals surface area contributed by atoms with E-state index in [2.05, 4.69) is 20.7 Å². The second-order valence-electron chi connectivity index (χ2n) is 8.74. The molecule has 1 aliphatic heterocycles. The molecule has 1 aliphatic rings. The molecule has 3 heterocycles. The van der Waals surface area contributed by atoms with Crippen molar-refractivity contribution in [3.05, 3.63) is 71.5 Å². The number of aromatic nitrogens is 3. The molecule has 10 heteroatoms. The van der Waals surface area contributed by atoms with Crippen LogP contribution in [0.15, 0.2) is 63.5 Å². The molecule has 0 saturated carbocycles. The Balaban J connectivity index is 1.15. The smallest absolute Gasteiger partial charge is 0.253 e. The van der Waals surface area contributed by atoms with E-state index in [9.17, 15) is 9.59 Å². The van der Waals surface area contributed by atoms with Gasteiger partial charge < -0.3 is 19.2 Å². The van der Waals surface area contributed by atoms with Gasteiger partial charge in [0.25, 0.3) is 5.91 Å². The number of nitrogens with zero attached hydrogens (tertiary/aromatic N) is 5. The van der Waals surface area contributed by atoms with Crippen LogP contribution in [0.5, 0.6) is 0 Å². The van der Waals surface area contributed by atoms with E-state index in [-0.39, 0.29) is 18.4 Å². The van der Waals surface area contributed by atoms with E-state index in [1.165, 1.54) is 0 Å². The molecule has 0 aliphatic carbocycles. The molecule has 10 nitrogen and oxygen atoms in total. The molecule has 1 saturated heterocycles. The zero-order valence-corrected chi connectivity index (χ0v) is 20.1. The van der Waals surface area contributed by atoms with Crippen LogP contribution in [0.3, 0.4) is 0 Å². The molecule has 5 rings (SSSR count). The molecule has 0 spiro atoms. The lowest BCUT2D eigenvalue weighted by Crippen LogP contribution is -2.50. The molecular weight excluding hydrogens is 460 g/mol. The van der Waals surface area contributed by atoms with Gasteiger partial charge in [-0.2, -0.15) is 0 Å². The average molecular weight is 487 g/mol. The van der Waals surface area contributed by atoms with Gasteiger partial charge in [0.05, 0.1) is 6.54 Å². The van der Waals surface area contributed by atoms with Gasteiger partial charge in [-0.1, -0.05) is 23.4 Å². The van der Waals surface area contributed by atoms with Crippen LogP contribution in [-0.2, 0) is 4.79 Å². The molecule has 0 unspecified atom stereocenters. The fraction of sp³-hybridized carbons (Fsp3) is 0.269. The summed E-state index contributed by atoms with van der Waals surface area (Å²) in [6, 6.07) is 16.7. The fourth-order valence-corrected chi connectivity index (χ4v) is 4.12. The van der Waals surface area contributed by atoms with Crippen molar-refractivity contribution in [2.24, 2.45) is 0 Å². The Hall–Kier alpha value is -4.31. The molecular formula is C26H26N6O4. The number of hydrogen-bond acceptors (Lipinski definition) is 8. The topological polar surface area (TPSA) is 118 Å². The summed E-state index contributed by atoms with van der Waals surface area (Å²) in [4.78, 5) is 29.1. The van der Waals surface area contributed by atoms with Crippen molar-refractivity contribution in [2.45, 2.75) is 13.8 Å². The van der Waals surface area contributed by atoms with E-state index in [0.717, 1.165) is 16.7 Å². The quantitative estimate of drug-likeness (QED) is 0.441. The minimum Gasteiger partial charge on any atom is -0.416 e. The lowest BCUT2D eigenvalue weighted by atomic mass is 10.1. The van der Waals surface area contributed by atoms with Gasteiger partial charge in [0.15, 0.2) is 5.82 Å². The van der Waals surface area contributed by atoms with Crippen molar-refractivity contribution < 1.29 is 18.5 Å². The van der Waals surface area contributed by atoms with Gasteiger partial charge in [-0.05, 0) is 49.7 Å². The second kappa shape index (κ2) is 10.1. The maximum absolute atomic E-state index is 13.0. The molecule has 184 valence electrons. The highest BCUT2D eigenvalue weighted by Crippen LogP contribution is 2.26. The van der Waals surface area contributed by atoms with E-state index >= 15 is 0 Å². The van der Waals surface area contributed by atoms with E-state index in [1.807, 2.05) is 48.2 Å². The van der Waals surface area contributed by atoms with Crippen LogP contribution in [-0.4, -0.2) is 69.7 Å². The van der Waals surface area contributed by atoms with Gasteiger partial charge in [-0.25, -0.2) is 0 Å². The Kier molecular flexibility index (Phi) is 6.59. The van der Waals surface area contributed by atoms with Gasteiger partial charge in [0, 0.05) is 48.9 Å². The van der Waals surface area contributed by atoms with Crippen LogP contribution >= 0.6 is 0 Å². The summed E-state index contributed by atoms with van der Waals surface area (Å²) < 4.78 is 10.8. The minimum atomic E-state index is -0.162. The third-order valence-corrected chi connectivity index (χ3v) is 6.10. The van der Waals surface area contributed by atoms with Crippen LogP contribution in [0.4, 0.5) is 5.82 Å². The summed E-state index contributed by atoms with van der Waals surface area (Å²) in [5, 5.41) is 14.8. The second-order valence-corrected chi connectivity index (χ2v) is 8.74. The van der Waals surface area contributed by atoms with Crippen molar-refractivity contribution >= 4 is 17.6 Å². The number of nitrogens with one attached hydrogen (secondary N) is 1. The predicted molar refractivity (Wildman–Crippen MR) is 132 cm³/mol. The van der Waals surface area contributed by atoms with Gasteiger partial charge in [-0.3, -0.25) is 14.5 Å². The van der Waals surface area contributed by atoms with Gasteiger partial charge in [0.2, 0.25) is 17.7 Å². The summed E-state index contributed by atoms with van der Waals surface area (Å²) >= 11 is 0. The van der Waals surface area contributed by atoms with Crippen molar-refractivity contribution in [3.63, 3.8) is 0 Å². The first-order valence-electron chi connectivity index (χ1n) is 11.7. The summed E-state index contributed by atoms with van der Waals surface area (Å²) in [5.41, 5.74) is 3.29. The third-order valence-electron chi connectivity index (χ3n) is 6.10. The number of aryl methyl sites for hydroxylation is 2. The Bertz CT molecular complexity index is 1370. The number of benzene rings is 2. The molecule has 0 atom stereocenters. The molecule has 4 aromatic rings. The first kappa shape index (κ1) is 23.4. The van der Waals surface area contributed by atoms with Crippen LogP contribution in [0.2, 0.25) is 0 Å². The Morgan fingerprint density at radius 3 is 2.36 bits per heavy atom. The predicted octanol–water partition coefficient (Wildman–Crippen LogP) is 3.40. The van der Waals surface area contributed by atoms with Crippen molar-refractivity contribution in [1.82, 2.24) is 25.2 Å². The fourth-order valence-electron chi connectivity index (χ4n) is 4.12. The monoisotopic (exact) mass is 486 g/mol. The normalized spacial score (nSPS) is 14.1. The third kappa shape index (κ3) is 5.18. The minimum absolute atomic E-state index is 0.0464. The first-order chi connectivity index (χ1) is 17.5. The van der Waals surface area contributed by atoms with Crippen molar-refractivity contribution in [2.75, 3.05) is 38.0 Å². The zero-order chi connectivity index (χ0) is 25.1. The Morgan fingerprint density at radius 1 is 0.944 bits per heavy atom.